The third kappa shape index (κ3) is 5.60. The summed E-state index contributed by atoms with van der Waals surface area (Å²) >= 11 is 0. The van der Waals surface area contributed by atoms with Crippen LogP contribution in [-0.4, -0.2) is 45.7 Å². The number of nitrogens with zero attached hydrogens (tertiary/aromatic N) is 2. The monoisotopic (exact) mass is 562 g/mol. The lowest BCUT2D eigenvalue weighted by Crippen LogP contribution is -2.46. The predicted molar refractivity (Wildman–Crippen MR) is 160 cm³/mol. The number of carbonyl (C=O) groups is 2. The molecule has 0 bridgehead atoms. The molecule has 3 aromatic carbocycles. The average molecular weight is 563 g/mol. The predicted octanol–water partition coefficient (Wildman–Crippen LogP) is 6.25. The van der Waals surface area contributed by atoms with Crippen molar-refractivity contribution in [2.75, 3.05) is 13.1 Å². The Hall–Kier alpha value is -4.62. The fourth-order valence-corrected chi connectivity index (χ4v) is 6.00. The summed E-state index contributed by atoms with van der Waals surface area (Å²) in [6, 6.07) is 28.0. The Balaban J connectivity index is 1.24. The van der Waals surface area contributed by atoms with E-state index in [1.54, 1.807) is 35.2 Å². The second kappa shape index (κ2) is 12.1. The van der Waals surface area contributed by atoms with Crippen LogP contribution in [0.25, 0.3) is 5.76 Å². The topological polar surface area (TPSA) is 83.2 Å². The number of furan rings is 1. The fourth-order valence-electron chi connectivity index (χ4n) is 6.00. The number of hydrogen-bond donors (Lipinski definition) is 1. The normalized spacial score (nSPS) is 19.4. The minimum absolute atomic E-state index is 0.0546. The van der Waals surface area contributed by atoms with Gasteiger partial charge < -0.3 is 19.2 Å². The van der Waals surface area contributed by atoms with Crippen LogP contribution < -0.4 is 4.74 Å². The summed E-state index contributed by atoms with van der Waals surface area (Å²) in [5.74, 6) is -0.360. The third-order valence-electron chi connectivity index (χ3n) is 8.18. The molecule has 7 heteroatoms. The maximum atomic E-state index is 13.5. The van der Waals surface area contributed by atoms with Crippen molar-refractivity contribution in [1.82, 2.24) is 9.80 Å². The molecule has 0 spiro atoms. The number of rotatable bonds is 8. The van der Waals surface area contributed by atoms with Gasteiger partial charge in [-0.25, -0.2) is 0 Å². The molecule has 2 fully saturated rings. The van der Waals surface area contributed by atoms with Crippen LogP contribution in [0.2, 0.25) is 0 Å². The number of carbonyl (C=O) groups excluding carboxylic acids is 2. The van der Waals surface area contributed by atoms with Gasteiger partial charge in [-0.3, -0.25) is 14.5 Å². The number of Topliss-reactive ketones (excluding diaryl/α,β-unsaturated/α-hetero) is 1. The summed E-state index contributed by atoms with van der Waals surface area (Å²) in [5, 5.41) is 11.5. The summed E-state index contributed by atoms with van der Waals surface area (Å²) in [7, 11) is 0. The van der Waals surface area contributed by atoms with Gasteiger partial charge in [0, 0.05) is 31.2 Å². The summed E-state index contributed by atoms with van der Waals surface area (Å²) in [6.07, 6.45) is 2.98. The second-order valence-electron chi connectivity index (χ2n) is 11.0. The van der Waals surface area contributed by atoms with Crippen molar-refractivity contribution in [3.05, 3.63) is 131 Å². The molecule has 0 aliphatic carbocycles. The molecule has 0 radical (unpaired) electrons. The van der Waals surface area contributed by atoms with Crippen LogP contribution >= 0.6 is 0 Å². The molecule has 1 unspecified atom stereocenters. The van der Waals surface area contributed by atoms with Crippen molar-refractivity contribution in [3.8, 4) is 5.75 Å². The van der Waals surface area contributed by atoms with Gasteiger partial charge in [0.15, 0.2) is 0 Å². The number of aryl methyl sites for hydroxylation is 1. The number of likely N-dealkylation sites (tertiary alicyclic amines) is 2. The van der Waals surface area contributed by atoms with Gasteiger partial charge >= 0.3 is 0 Å². The molecule has 1 amide bonds. The number of aliphatic hydroxyl groups is 1. The van der Waals surface area contributed by atoms with E-state index in [9.17, 15) is 14.7 Å². The Kier molecular flexibility index (Phi) is 7.93. The lowest BCUT2D eigenvalue weighted by molar-refractivity contribution is -0.142. The molecule has 2 aliphatic rings. The standard InChI is InChI=1S/C35H34N2O5/c1-24-21-27(14-15-29(24)42-23-26-11-6-3-7-12-26)33(38)31-32(30-13-8-20-41-30)37(35(40)34(31)39)28-16-18-36(19-17-28)22-25-9-4-2-5-10-25/h2-15,20-21,28,32,38H,16-19,22-23H2,1H3/b33-31-. The van der Waals surface area contributed by atoms with Crippen LogP contribution in [0, 0.1) is 6.92 Å². The first-order valence-electron chi connectivity index (χ1n) is 14.4. The van der Waals surface area contributed by atoms with Gasteiger partial charge in [-0.05, 0) is 66.8 Å². The Morgan fingerprint density at radius 2 is 1.60 bits per heavy atom. The van der Waals surface area contributed by atoms with E-state index in [2.05, 4.69) is 17.0 Å². The van der Waals surface area contributed by atoms with E-state index in [1.165, 1.54) is 11.8 Å². The lowest BCUT2D eigenvalue weighted by Gasteiger charge is -2.38. The smallest absolute Gasteiger partial charge is 0.296 e. The van der Waals surface area contributed by atoms with Crippen molar-refractivity contribution < 1.29 is 23.8 Å². The van der Waals surface area contributed by atoms with Crippen LogP contribution in [0.1, 0.15) is 46.9 Å². The highest BCUT2D eigenvalue weighted by molar-refractivity contribution is 6.46. The summed E-state index contributed by atoms with van der Waals surface area (Å²) in [6.45, 7) is 4.76. The molecule has 214 valence electrons. The van der Waals surface area contributed by atoms with Gasteiger partial charge in [0.1, 0.15) is 29.9 Å². The number of hydrogen-bond acceptors (Lipinski definition) is 6. The highest BCUT2D eigenvalue weighted by Gasteiger charge is 2.50. The molecule has 7 nitrogen and oxygen atoms in total. The number of aliphatic hydroxyl groups excluding tert-OH is 1. The molecule has 1 atom stereocenters. The molecule has 0 saturated carbocycles. The zero-order valence-corrected chi connectivity index (χ0v) is 23.6. The Bertz CT molecular complexity index is 1570. The maximum Gasteiger partial charge on any atom is 0.296 e. The van der Waals surface area contributed by atoms with Crippen LogP contribution in [0.5, 0.6) is 5.75 Å². The molecule has 42 heavy (non-hydrogen) atoms. The van der Waals surface area contributed by atoms with Crippen LogP contribution in [-0.2, 0) is 22.7 Å². The average Bonchev–Trinajstić information content (AvgIpc) is 3.64. The van der Waals surface area contributed by atoms with Crippen LogP contribution in [0.3, 0.4) is 0 Å². The van der Waals surface area contributed by atoms with Crippen LogP contribution in [0.15, 0.2) is 107 Å². The van der Waals surface area contributed by atoms with E-state index in [1.807, 2.05) is 55.5 Å². The first-order valence-corrected chi connectivity index (χ1v) is 14.4. The first-order chi connectivity index (χ1) is 20.5. The molecular weight excluding hydrogens is 528 g/mol. The molecule has 2 aliphatic heterocycles. The summed E-state index contributed by atoms with van der Waals surface area (Å²) in [4.78, 5) is 31.0. The van der Waals surface area contributed by atoms with Crippen molar-refractivity contribution >= 4 is 17.4 Å². The van der Waals surface area contributed by atoms with Crippen molar-refractivity contribution in [2.24, 2.45) is 0 Å². The zero-order chi connectivity index (χ0) is 29.1. The van der Waals surface area contributed by atoms with Gasteiger partial charge in [-0.1, -0.05) is 60.7 Å². The van der Waals surface area contributed by atoms with Crippen molar-refractivity contribution in [2.45, 2.75) is 45.0 Å². The first kappa shape index (κ1) is 27.5. The molecule has 4 aromatic rings. The SMILES string of the molecule is Cc1cc(/C(O)=C2/C(=O)C(=O)N(C3CCN(Cc4ccccc4)CC3)C2c2ccco2)ccc1OCc1ccccc1. The van der Waals surface area contributed by atoms with Gasteiger partial charge in [-0.15, -0.1) is 0 Å². The van der Waals surface area contributed by atoms with E-state index in [-0.39, 0.29) is 17.4 Å². The van der Waals surface area contributed by atoms with E-state index in [4.69, 9.17) is 9.15 Å². The number of ether oxygens (including phenoxy) is 1. The molecule has 6 rings (SSSR count). The molecule has 1 N–H and O–H groups in total. The number of piperidine rings is 1. The minimum Gasteiger partial charge on any atom is -0.507 e. The van der Waals surface area contributed by atoms with Gasteiger partial charge in [0.05, 0.1) is 11.8 Å². The highest BCUT2D eigenvalue weighted by atomic mass is 16.5. The van der Waals surface area contributed by atoms with E-state index in [0.29, 0.717) is 23.7 Å². The number of amides is 1. The highest BCUT2D eigenvalue weighted by Crippen LogP contribution is 2.42. The second-order valence-corrected chi connectivity index (χ2v) is 11.0. The lowest BCUT2D eigenvalue weighted by atomic mass is 9.96. The Morgan fingerprint density at radius 3 is 2.24 bits per heavy atom. The summed E-state index contributed by atoms with van der Waals surface area (Å²) < 4.78 is 11.7. The Morgan fingerprint density at radius 1 is 0.905 bits per heavy atom. The molecule has 1 aromatic heterocycles. The van der Waals surface area contributed by atoms with E-state index < -0.39 is 17.7 Å². The third-order valence-corrected chi connectivity index (χ3v) is 8.18. The number of benzene rings is 3. The Labute approximate surface area is 245 Å². The fraction of sp³-hybridized carbons (Fsp3) is 0.257. The quantitative estimate of drug-likeness (QED) is 0.155. The molecular formula is C35H34N2O5. The van der Waals surface area contributed by atoms with Crippen molar-refractivity contribution in [1.29, 1.82) is 0 Å². The van der Waals surface area contributed by atoms with E-state index >= 15 is 0 Å². The summed E-state index contributed by atoms with van der Waals surface area (Å²) in [5.41, 5.74) is 3.61. The molecule has 3 heterocycles. The zero-order valence-electron chi connectivity index (χ0n) is 23.6. The van der Waals surface area contributed by atoms with Crippen LogP contribution in [0.4, 0.5) is 0 Å². The number of ketones is 1. The van der Waals surface area contributed by atoms with Crippen molar-refractivity contribution in [3.63, 3.8) is 0 Å². The minimum atomic E-state index is -0.792. The molecule has 2 saturated heterocycles. The maximum absolute atomic E-state index is 13.5. The van der Waals surface area contributed by atoms with E-state index in [0.717, 1.165) is 43.6 Å². The van der Waals surface area contributed by atoms with Gasteiger partial charge in [0.25, 0.3) is 11.7 Å². The van der Waals surface area contributed by atoms with Gasteiger partial charge in [-0.2, -0.15) is 0 Å². The largest absolute Gasteiger partial charge is 0.507 e. The van der Waals surface area contributed by atoms with Gasteiger partial charge in [0.2, 0.25) is 0 Å².